The third kappa shape index (κ3) is 3.14. The molecule has 0 saturated carbocycles. The molecule has 0 aliphatic carbocycles. The molecular weight excluding hydrogens is 263 g/mol. The van der Waals surface area contributed by atoms with Crippen molar-refractivity contribution in [1.82, 2.24) is 0 Å². The van der Waals surface area contributed by atoms with Gasteiger partial charge < -0.3 is 5.11 Å². The molecule has 100 valence electrons. The molecule has 0 saturated heterocycles. The van der Waals surface area contributed by atoms with E-state index in [1.165, 1.54) is 6.07 Å². The Morgan fingerprint density at radius 1 is 1.16 bits per heavy atom. The zero-order chi connectivity index (χ0) is 14.0. The second-order valence-corrected chi connectivity index (χ2v) is 5.44. The molecule has 2 aromatic carbocycles. The Morgan fingerprint density at radius 2 is 1.79 bits per heavy atom. The lowest BCUT2D eigenvalue weighted by atomic mass is 9.88. The Morgan fingerprint density at radius 3 is 2.42 bits per heavy atom. The van der Waals surface area contributed by atoms with Crippen molar-refractivity contribution in [1.29, 1.82) is 0 Å². The first-order chi connectivity index (χ1) is 8.90. The normalized spacial score (nSPS) is 14.2. The van der Waals surface area contributed by atoms with Gasteiger partial charge in [0.2, 0.25) is 0 Å². The average molecular weight is 279 g/mol. The van der Waals surface area contributed by atoms with Gasteiger partial charge in [-0.05, 0) is 31.0 Å². The van der Waals surface area contributed by atoms with Gasteiger partial charge in [-0.15, -0.1) is 0 Å². The first-order valence-electron chi connectivity index (χ1n) is 6.12. The van der Waals surface area contributed by atoms with E-state index in [9.17, 15) is 9.50 Å². The SMILES string of the molecule is Cc1ccc(C(C)(O)Cc2cccc(Cl)c2F)cc1. The van der Waals surface area contributed by atoms with Gasteiger partial charge in [-0.3, -0.25) is 0 Å². The van der Waals surface area contributed by atoms with Gasteiger partial charge in [0.25, 0.3) is 0 Å². The van der Waals surface area contributed by atoms with Crippen LogP contribution in [0.1, 0.15) is 23.6 Å². The van der Waals surface area contributed by atoms with Gasteiger partial charge in [0, 0.05) is 6.42 Å². The lowest BCUT2D eigenvalue weighted by Gasteiger charge is -2.24. The topological polar surface area (TPSA) is 20.2 Å². The van der Waals surface area contributed by atoms with E-state index in [0.717, 1.165) is 11.1 Å². The number of aliphatic hydroxyl groups is 1. The lowest BCUT2D eigenvalue weighted by Crippen LogP contribution is -2.24. The second-order valence-electron chi connectivity index (χ2n) is 5.03. The summed E-state index contributed by atoms with van der Waals surface area (Å²) in [4.78, 5) is 0. The Bertz CT molecular complexity index is 576. The summed E-state index contributed by atoms with van der Waals surface area (Å²) in [5.41, 5.74) is 1.17. The first kappa shape index (κ1) is 14.0. The van der Waals surface area contributed by atoms with E-state index in [1.807, 2.05) is 31.2 Å². The zero-order valence-electron chi connectivity index (χ0n) is 11.0. The van der Waals surface area contributed by atoms with Crippen molar-refractivity contribution in [2.45, 2.75) is 25.9 Å². The van der Waals surface area contributed by atoms with Crippen LogP contribution in [0.3, 0.4) is 0 Å². The quantitative estimate of drug-likeness (QED) is 0.890. The fourth-order valence-corrected chi connectivity index (χ4v) is 2.26. The van der Waals surface area contributed by atoms with Crippen molar-refractivity contribution in [2.24, 2.45) is 0 Å². The van der Waals surface area contributed by atoms with E-state index in [1.54, 1.807) is 19.1 Å². The van der Waals surface area contributed by atoms with Gasteiger partial charge in [0.15, 0.2) is 0 Å². The smallest absolute Gasteiger partial charge is 0.145 e. The highest BCUT2D eigenvalue weighted by Crippen LogP contribution is 2.28. The molecule has 0 aliphatic heterocycles. The van der Waals surface area contributed by atoms with Crippen molar-refractivity contribution >= 4 is 11.6 Å². The van der Waals surface area contributed by atoms with Gasteiger partial charge in [-0.1, -0.05) is 53.6 Å². The summed E-state index contributed by atoms with van der Waals surface area (Å²) < 4.78 is 13.9. The fraction of sp³-hybridized carbons (Fsp3) is 0.250. The molecule has 2 rings (SSSR count). The molecular formula is C16H16ClFO. The maximum atomic E-state index is 13.9. The van der Waals surface area contributed by atoms with Crippen LogP contribution in [0.25, 0.3) is 0 Å². The van der Waals surface area contributed by atoms with E-state index >= 15 is 0 Å². The summed E-state index contributed by atoms with van der Waals surface area (Å²) in [6, 6.07) is 12.4. The Hall–Kier alpha value is -1.38. The minimum Gasteiger partial charge on any atom is -0.385 e. The van der Waals surface area contributed by atoms with Gasteiger partial charge in [0.05, 0.1) is 10.6 Å². The van der Waals surface area contributed by atoms with E-state index in [-0.39, 0.29) is 11.4 Å². The minimum absolute atomic E-state index is 0.0807. The van der Waals surface area contributed by atoms with Crippen LogP contribution < -0.4 is 0 Å². The van der Waals surface area contributed by atoms with Crippen molar-refractivity contribution in [3.05, 3.63) is 70.0 Å². The Labute approximate surface area is 117 Å². The molecule has 1 unspecified atom stereocenters. The Balaban J connectivity index is 2.30. The van der Waals surface area contributed by atoms with Crippen LogP contribution in [0, 0.1) is 12.7 Å². The molecule has 1 N–H and O–H groups in total. The van der Waals surface area contributed by atoms with E-state index in [0.29, 0.717) is 5.56 Å². The van der Waals surface area contributed by atoms with Crippen molar-refractivity contribution in [2.75, 3.05) is 0 Å². The maximum absolute atomic E-state index is 13.9. The summed E-state index contributed by atoms with van der Waals surface area (Å²) in [7, 11) is 0. The summed E-state index contributed by atoms with van der Waals surface area (Å²) in [5.74, 6) is -0.462. The maximum Gasteiger partial charge on any atom is 0.145 e. The number of rotatable bonds is 3. The third-order valence-electron chi connectivity index (χ3n) is 3.24. The van der Waals surface area contributed by atoms with Crippen LogP contribution in [-0.4, -0.2) is 5.11 Å². The average Bonchev–Trinajstić information content (AvgIpc) is 2.35. The van der Waals surface area contributed by atoms with E-state index in [4.69, 9.17) is 11.6 Å². The van der Waals surface area contributed by atoms with Crippen LogP contribution in [0.4, 0.5) is 4.39 Å². The number of aryl methyl sites for hydroxylation is 1. The molecule has 0 radical (unpaired) electrons. The first-order valence-corrected chi connectivity index (χ1v) is 6.50. The lowest BCUT2D eigenvalue weighted by molar-refractivity contribution is 0.0567. The van der Waals surface area contributed by atoms with Crippen molar-refractivity contribution in [3.8, 4) is 0 Å². The molecule has 0 spiro atoms. The standard InChI is InChI=1S/C16H16ClFO/c1-11-6-8-13(9-7-11)16(2,19)10-12-4-3-5-14(17)15(12)18/h3-9,19H,10H2,1-2H3. The monoisotopic (exact) mass is 278 g/mol. The molecule has 19 heavy (non-hydrogen) atoms. The Kier molecular flexibility index (Phi) is 3.93. The predicted molar refractivity (Wildman–Crippen MR) is 75.9 cm³/mol. The van der Waals surface area contributed by atoms with E-state index < -0.39 is 11.4 Å². The highest BCUT2D eigenvalue weighted by molar-refractivity contribution is 6.30. The molecule has 0 heterocycles. The molecule has 3 heteroatoms. The molecule has 0 amide bonds. The molecule has 0 bridgehead atoms. The molecule has 1 nitrogen and oxygen atoms in total. The summed E-state index contributed by atoms with van der Waals surface area (Å²) in [6.07, 6.45) is 0.183. The predicted octanol–water partition coefficient (Wildman–Crippen LogP) is 4.24. The highest BCUT2D eigenvalue weighted by Gasteiger charge is 2.25. The zero-order valence-corrected chi connectivity index (χ0v) is 11.7. The minimum atomic E-state index is -1.13. The number of halogens is 2. The van der Waals surface area contributed by atoms with E-state index in [2.05, 4.69) is 0 Å². The number of hydrogen-bond acceptors (Lipinski definition) is 1. The number of benzene rings is 2. The van der Waals surface area contributed by atoms with Gasteiger partial charge in [0.1, 0.15) is 5.82 Å². The van der Waals surface area contributed by atoms with Crippen LogP contribution >= 0.6 is 11.6 Å². The summed E-state index contributed by atoms with van der Waals surface area (Å²) in [6.45, 7) is 3.66. The second kappa shape index (κ2) is 5.32. The third-order valence-corrected chi connectivity index (χ3v) is 3.53. The van der Waals surface area contributed by atoms with Crippen LogP contribution in [0.5, 0.6) is 0 Å². The largest absolute Gasteiger partial charge is 0.385 e. The summed E-state index contributed by atoms with van der Waals surface area (Å²) in [5, 5.41) is 10.6. The van der Waals surface area contributed by atoms with Crippen molar-refractivity contribution in [3.63, 3.8) is 0 Å². The summed E-state index contributed by atoms with van der Waals surface area (Å²) >= 11 is 5.75. The number of hydrogen-bond donors (Lipinski definition) is 1. The molecule has 2 aromatic rings. The molecule has 0 fully saturated rings. The molecule has 0 aromatic heterocycles. The van der Waals surface area contributed by atoms with Crippen molar-refractivity contribution < 1.29 is 9.50 Å². The fourth-order valence-electron chi connectivity index (χ4n) is 2.07. The molecule has 0 aliphatic rings. The highest BCUT2D eigenvalue weighted by atomic mass is 35.5. The van der Waals surface area contributed by atoms with Gasteiger partial charge in [-0.25, -0.2) is 4.39 Å². The molecule has 1 atom stereocenters. The van der Waals surface area contributed by atoms with Crippen LogP contribution in [-0.2, 0) is 12.0 Å². The van der Waals surface area contributed by atoms with Gasteiger partial charge in [-0.2, -0.15) is 0 Å². The van der Waals surface area contributed by atoms with Gasteiger partial charge >= 0.3 is 0 Å². The van der Waals surface area contributed by atoms with Crippen LogP contribution in [0.15, 0.2) is 42.5 Å². The van der Waals surface area contributed by atoms with Crippen LogP contribution in [0.2, 0.25) is 5.02 Å².